The summed E-state index contributed by atoms with van der Waals surface area (Å²) in [6.45, 7) is 6.55. The second-order valence-corrected chi connectivity index (χ2v) is 7.64. The van der Waals surface area contributed by atoms with E-state index in [9.17, 15) is 4.79 Å². The number of anilines is 1. The van der Waals surface area contributed by atoms with Crippen molar-refractivity contribution in [3.8, 4) is 0 Å². The van der Waals surface area contributed by atoms with Crippen LogP contribution in [0.2, 0.25) is 0 Å². The molecule has 1 saturated heterocycles. The highest BCUT2D eigenvalue weighted by Gasteiger charge is 2.28. The lowest BCUT2D eigenvalue weighted by Crippen LogP contribution is -2.34. The molecule has 9 nitrogen and oxygen atoms in total. The third-order valence-electron chi connectivity index (χ3n) is 5.31. The Hall–Kier alpha value is -2.97. The maximum atomic E-state index is 11.3. The van der Waals surface area contributed by atoms with E-state index in [-0.39, 0.29) is 6.42 Å². The number of piperidine rings is 1. The average molecular weight is 397 g/mol. The Labute approximate surface area is 169 Å². The lowest BCUT2D eigenvalue weighted by atomic mass is 9.96. The highest BCUT2D eigenvalue weighted by Crippen LogP contribution is 2.31. The lowest BCUT2D eigenvalue weighted by molar-refractivity contribution is -0.117. The first-order chi connectivity index (χ1) is 14.0. The first-order valence-corrected chi connectivity index (χ1v) is 10.2. The van der Waals surface area contributed by atoms with E-state index in [0.29, 0.717) is 29.0 Å². The number of carbonyl (C=O) groups is 1. The van der Waals surface area contributed by atoms with Crippen LogP contribution in [0.3, 0.4) is 0 Å². The highest BCUT2D eigenvalue weighted by molar-refractivity contribution is 5.75. The van der Waals surface area contributed by atoms with Gasteiger partial charge in [0.05, 0.1) is 6.42 Å². The van der Waals surface area contributed by atoms with Crippen molar-refractivity contribution in [1.82, 2.24) is 24.7 Å². The van der Waals surface area contributed by atoms with Crippen molar-refractivity contribution in [1.29, 1.82) is 0 Å². The third kappa shape index (κ3) is 4.23. The Morgan fingerprint density at radius 2 is 2.03 bits per heavy atom. The van der Waals surface area contributed by atoms with Gasteiger partial charge in [-0.3, -0.25) is 4.79 Å². The molecule has 0 spiro atoms. The second-order valence-electron chi connectivity index (χ2n) is 7.64. The summed E-state index contributed by atoms with van der Waals surface area (Å²) in [6, 6.07) is 4.46. The van der Waals surface area contributed by atoms with Gasteiger partial charge < -0.3 is 15.1 Å². The van der Waals surface area contributed by atoms with Crippen molar-refractivity contribution in [2.45, 2.75) is 58.4 Å². The highest BCUT2D eigenvalue weighted by atomic mass is 16.4. The smallest absolute Gasteiger partial charge is 0.299 e. The molecule has 4 heterocycles. The fourth-order valence-corrected chi connectivity index (χ4v) is 3.77. The monoisotopic (exact) mass is 397 g/mol. The molecule has 0 unspecified atom stereocenters. The zero-order chi connectivity index (χ0) is 20.4. The molecule has 1 aliphatic heterocycles. The molecule has 0 aromatic carbocycles. The summed E-state index contributed by atoms with van der Waals surface area (Å²) in [5, 5.41) is 4.53. The fourth-order valence-electron chi connectivity index (χ4n) is 3.77. The molecule has 0 saturated carbocycles. The minimum Gasteiger partial charge on any atom is -0.422 e. The van der Waals surface area contributed by atoms with Crippen LogP contribution in [0, 0.1) is 6.92 Å². The van der Waals surface area contributed by atoms with Crippen molar-refractivity contribution in [2.24, 2.45) is 5.73 Å². The Morgan fingerprint density at radius 3 is 2.76 bits per heavy atom. The molecular formula is C20H27N7O2. The predicted molar refractivity (Wildman–Crippen MR) is 109 cm³/mol. The van der Waals surface area contributed by atoms with Gasteiger partial charge in [-0.25, -0.2) is 14.6 Å². The fraction of sp³-hybridized carbons (Fsp3) is 0.550. The molecule has 29 heavy (non-hydrogen) atoms. The molecule has 3 aromatic heterocycles. The van der Waals surface area contributed by atoms with Crippen LogP contribution < -0.4 is 10.6 Å². The zero-order valence-corrected chi connectivity index (χ0v) is 17.0. The molecule has 9 heteroatoms. The Morgan fingerprint density at radius 1 is 1.24 bits per heavy atom. The maximum absolute atomic E-state index is 11.3. The first-order valence-electron chi connectivity index (χ1n) is 10.2. The van der Waals surface area contributed by atoms with Gasteiger partial charge in [-0.15, -0.1) is 0 Å². The molecule has 1 fully saturated rings. The molecule has 1 amide bonds. The van der Waals surface area contributed by atoms with E-state index < -0.39 is 5.91 Å². The van der Waals surface area contributed by atoms with E-state index in [0.717, 1.165) is 56.8 Å². The molecule has 3 aromatic rings. The molecule has 0 radical (unpaired) electrons. The van der Waals surface area contributed by atoms with Crippen LogP contribution in [-0.4, -0.2) is 43.7 Å². The summed E-state index contributed by atoms with van der Waals surface area (Å²) >= 11 is 0. The van der Waals surface area contributed by atoms with Gasteiger partial charge in [0.1, 0.15) is 5.82 Å². The normalized spacial score (nSPS) is 15.3. The predicted octanol–water partition coefficient (Wildman–Crippen LogP) is 2.33. The van der Waals surface area contributed by atoms with Gasteiger partial charge in [0.15, 0.2) is 11.4 Å². The first kappa shape index (κ1) is 19.4. The average Bonchev–Trinajstić information content (AvgIpc) is 3.29. The van der Waals surface area contributed by atoms with E-state index in [4.69, 9.17) is 10.2 Å². The SMILES string of the molecule is CCCCn1nc(CC(N)=O)nc1C1CCN(c2nc3nc(C)ccc3o2)CC1. The molecule has 0 bridgehead atoms. The molecule has 2 N–H and O–H groups in total. The summed E-state index contributed by atoms with van der Waals surface area (Å²) in [5.74, 6) is 1.37. The Bertz CT molecular complexity index is 1000. The van der Waals surface area contributed by atoms with Crippen molar-refractivity contribution in [3.63, 3.8) is 0 Å². The minimum absolute atomic E-state index is 0.0836. The molecule has 0 aliphatic carbocycles. The van der Waals surface area contributed by atoms with Crippen LogP contribution in [0.4, 0.5) is 6.01 Å². The van der Waals surface area contributed by atoms with Crippen molar-refractivity contribution in [3.05, 3.63) is 29.5 Å². The molecular weight excluding hydrogens is 370 g/mol. The molecule has 1 aliphatic rings. The number of fused-ring (bicyclic) bond motifs is 1. The number of amides is 1. The van der Waals surface area contributed by atoms with Crippen LogP contribution >= 0.6 is 0 Å². The number of hydrogen-bond donors (Lipinski definition) is 1. The topological polar surface area (TPSA) is 116 Å². The molecule has 154 valence electrons. The summed E-state index contributed by atoms with van der Waals surface area (Å²) in [7, 11) is 0. The van der Waals surface area contributed by atoms with Gasteiger partial charge in [0.2, 0.25) is 11.6 Å². The largest absolute Gasteiger partial charge is 0.422 e. The lowest BCUT2D eigenvalue weighted by Gasteiger charge is -2.30. The van der Waals surface area contributed by atoms with Crippen LogP contribution in [0.25, 0.3) is 11.2 Å². The van der Waals surface area contributed by atoms with Crippen molar-refractivity contribution in [2.75, 3.05) is 18.0 Å². The number of aryl methyl sites for hydroxylation is 2. The number of aromatic nitrogens is 5. The summed E-state index contributed by atoms with van der Waals surface area (Å²) in [5.41, 5.74) is 7.62. The number of nitrogens with two attached hydrogens (primary N) is 1. The van der Waals surface area contributed by atoms with Gasteiger partial charge in [0, 0.05) is 31.2 Å². The summed E-state index contributed by atoms with van der Waals surface area (Å²) in [4.78, 5) is 27.1. The van der Waals surface area contributed by atoms with Crippen LogP contribution in [-0.2, 0) is 17.8 Å². The van der Waals surface area contributed by atoms with Gasteiger partial charge >= 0.3 is 0 Å². The van der Waals surface area contributed by atoms with Crippen LogP contribution in [0.5, 0.6) is 0 Å². The number of unbranched alkanes of at least 4 members (excludes halogenated alkanes) is 1. The molecule has 0 atom stereocenters. The number of rotatable bonds is 7. The van der Waals surface area contributed by atoms with E-state index in [1.807, 2.05) is 23.7 Å². The van der Waals surface area contributed by atoms with E-state index in [1.165, 1.54) is 0 Å². The van der Waals surface area contributed by atoms with E-state index in [2.05, 4.69) is 31.9 Å². The third-order valence-corrected chi connectivity index (χ3v) is 5.31. The second kappa shape index (κ2) is 8.18. The van der Waals surface area contributed by atoms with Gasteiger partial charge in [-0.1, -0.05) is 13.3 Å². The quantitative estimate of drug-likeness (QED) is 0.650. The number of primary amides is 1. The summed E-state index contributed by atoms with van der Waals surface area (Å²) < 4.78 is 7.86. The van der Waals surface area contributed by atoms with Gasteiger partial charge in [0.25, 0.3) is 6.01 Å². The van der Waals surface area contributed by atoms with E-state index in [1.54, 1.807) is 0 Å². The van der Waals surface area contributed by atoms with Crippen LogP contribution in [0.15, 0.2) is 16.5 Å². The Kier molecular flexibility index (Phi) is 5.46. The summed E-state index contributed by atoms with van der Waals surface area (Å²) in [6.07, 6.45) is 4.03. The van der Waals surface area contributed by atoms with Crippen molar-refractivity contribution < 1.29 is 9.21 Å². The number of pyridine rings is 1. The number of carbonyl (C=O) groups excluding carboxylic acids is 1. The molecule has 4 rings (SSSR count). The number of oxazole rings is 1. The maximum Gasteiger partial charge on any atom is 0.299 e. The minimum atomic E-state index is -0.404. The van der Waals surface area contributed by atoms with Crippen molar-refractivity contribution >= 4 is 23.2 Å². The Balaban J connectivity index is 1.48. The zero-order valence-electron chi connectivity index (χ0n) is 17.0. The number of hydrogen-bond acceptors (Lipinski definition) is 7. The number of nitrogens with zero attached hydrogens (tertiary/aromatic N) is 6. The van der Waals surface area contributed by atoms with Gasteiger partial charge in [-0.05, 0) is 38.3 Å². The van der Waals surface area contributed by atoms with E-state index >= 15 is 0 Å². The van der Waals surface area contributed by atoms with Gasteiger partial charge in [-0.2, -0.15) is 10.1 Å². The van der Waals surface area contributed by atoms with Crippen LogP contribution in [0.1, 0.15) is 55.9 Å². The standard InChI is InChI=1S/C20H27N7O2/c1-3-4-9-27-19(23-17(25-27)12-16(21)28)14-7-10-26(11-8-14)20-24-18-15(29-20)6-5-13(2)22-18/h5-6,14H,3-4,7-12H2,1-2H3,(H2,21,28).